The van der Waals surface area contributed by atoms with Gasteiger partial charge in [0.2, 0.25) is 0 Å². The molecule has 2 N–H and O–H groups in total. The molecule has 0 bridgehead atoms. The average molecular weight is 276 g/mol. The van der Waals surface area contributed by atoms with Gasteiger partial charge in [0.25, 0.3) is 0 Å². The van der Waals surface area contributed by atoms with Crippen LogP contribution in [0.5, 0.6) is 0 Å². The van der Waals surface area contributed by atoms with Crippen LogP contribution in [0.3, 0.4) is 0 Å². The molecule has 0 saturated heterocycles. The second-order valence-corrected chi connectivity index (χ2v) is 6.00. The minimum atomic E-state index is -0.350. The summed E-state index contributed by atoms with van der Waals surface area (Å²) < 4.78 is 0. The summed E-state index contributed by atoms with van der Waals surface area (Å²) in [5, 5.41) is 14.4. The summed E-state index contributed by atoms with van der Waals surface area (Å²) in [5.74, 6) is 0. The van der Waals surface area contributed by atoms with Gasteiger partial charge in [0.05, 0.1) is 16.8 Å². The zero-order chi connectivity index (χ0) is 13.7. The van der Waals surface area contributed by atoms with Crippen molar-refractivity contribution in [2.75, 3.05) is 6.54 Å². The number of thiazole rings is 1. The molecule has 2 rings (SSSR count). The Bertz CT molecular complexity index is 510. The van der Waals surface area contributed by atoms with Gasteiger partial charge < -0.3 is 10.4 Å². The largest absolute Gasteiger partial charge is 0.391 e. The molecule has 4 heteroatoms. The highest BCUT2D eigenvalue weighted by Gasteiger charge is 2.07. The minimum absolute atomic E-state index is 0.350. The molecule has 0 amide bonds. The summed E-state index contributed by atoms with van der Waals surface area (Å²) in [7, 11) is 0. The van der Waals surface area contributed by atoms with Crippen molar-refractivity contribution in [1.82, 2.24) is 10.3 Å². The lowest BCUT2D eigenvalue weighted by atomic mass is 10.1. The number of nitrogens with one attached hydrogen (secondary N) is 1. The maximum absolute atomic E-state index is 9.98. The van der Waals surface area contributed by atoms with E-state index in [1.807, 2.05) is 44.2 Å². The first-order valence-corrected chi connectivity index (χ1v) is 7.32. The molecule has 1 aromatic carbocycles. The smallest absolute Gasteiger partial charge is 0.0900 e. The summed E-state index contributed by atoms with van der Waals surface area (Å²) in [5.41, 5.74) is 2.26. The number of hydrogen-bond acceptors (Lipinski definition) is 4. The molecule has 0 saturated carbocycles. The first-order chi connectivity index (χ1) is 9.15. The Labute approximate surface area is 118 Å². The Morgan fingerprint density at radius 1 is 1.26 bits per heavy atom. The fraction of sp³-hybridized carbons (Fsp3) is 0.400. The molecule has 1 heterocycles. The third kappa shape index (κ3) is 4.42. The second kappa shape index (κ2) is 6.80. The molecule has 0 aliphatic rings. The van der Waals surface area contributed by atoms with E-state index in [0.717, 1.165) is 17.2 Å². The normalized spacial score (nSPS) is 12.6. The van der Waals surface area contributed by atoms with Crippen molar-refractivity contribution in [3.8, 4) is 0 Å². The number of aromatic nitrogens is 1. The predicted molar refractivity (Wildman–Crippen MR) is 79.4 cm³/mol. The number of hydrogen-bond donors (Lipinski definition) is 2. The van der Waals surface area contributed by atoms with E-state index in [1.54, 1.807) is 11.3 Å². The molecular formula is C15H20N2OS. The van der Waals surface area contributed by atoms with Crippen LogP contribution in [0.25, 0.3) is 0 Å². The highest BCUT2D eigenvalue weighted by molar-refractivity contribution is 7.11. The van der Waals surface area contributed by atoms with Crippen molar-refractivity contribution < 1.29 is 5.11 Å². The monoisotopic (exact) mass is 276 g/mol. The molecular weight excluding hydrogens is 256 g/mol. The van der Waals surface area contributed by atoms with Gasteiger partial charge in [-0.1, -0.05) is 30.3 Å². The first kappa shape index (κ1) is 14.2. The maximum Gasteiger partial charge on any atom is 0.0900 e. The first-order valence-electron chi connectivity index (χ1n) is 6.51. The van der Waals surface area contributed by atoms with E-state index in [9.17, 15) is 5.11 Å². The Hall–Kier alpha value is -1.23. The lowest BCUT2D eigenvalue weighted by Crippen LogP contribution is -2.28. The molecule has 3 nitrogen and oxygen atoms in total. The van der Waals surface area contributed by atoms with Gasteiger partial charge in [-0.15, -0.1) is 11.3 Å². The van der Waals surface area contributed by atoms with Crippen LogP contribution in [0, 0.1) is 13.8 Å². The summed E-state index contributed by atoms with van der Waals surface area (Å²) in [6.45, 7) is 5.43. The number of rotatable bonds is 6. The minimum Gasteiger partial charge on any atom is -0.391 e. The Morgan fingerprint density at radius 2 is 2.00 bits per heavy atom. The molecule has 0 aliphatic carbocycles. The Kier molecular flexibility index (Phi) is 5.07. The summed E-state index contributed by atoms with van der Waals surface area (Å²) in [6, 6.07) is 10.1. The standard InChI is InChI=1S/C15H20N2OS/c1-11-15(19-12(2)17-11)10-16-9-14(18)8-13-6-4-3-5-7-13/h3-7,14,16,18H,8-10H2,1-2H3. The van der Waals surface area contributed by atoms with Gasteiger partial charge in [-0.3, -0.25) is 0 Å². The maximum atomic E-state index is 9.98. The van der Waals surface area contributed by atoms with Crippen molar-refractivity contribution in [2.24, 2.45) is 0 Å². The third-order valence-electron chi connectivity index (χ3n) is 2.98. The van der Waals surface area contributed by atoms with Crippen LogP contribution in [0.4, 0.5) is 0 Å². The molecule has 19 heavy (non-hydrogen) atoms. The molecule has 1 unspecified atom stereocenters. The fourth-order valence-electron chi connectivity index (χ4n) is 2.05. The van der Waals surface area contributed by atoms with Crippen LogP contribution in [0.2, 0.25) is 0 Å². The molecule has 0 fully saturated rings. The Morgan fingerprint density at radius 3 is 2.63 bits per heavy atom. The summed E-state index contributed by atoms with van der Waals surface area (Å²) in [6.07, 6.45) is 0.339. The van der Waals surface area contributed by atoms with Crippen molar-refractivity contribution in [3.05, 3.63) is 51.5 Å². The lowest BCUT2D eigenvalue weighted by molar-refractivity contribution is 0.171. The molecule has 1 aromatic heterocycles. The number of aliphatic hydroxyl groups is 1. The van der Waals surface area contributed by atoms with Crippen molar-refractivity contribution >= 4 is 11.3 Å². The van der Waals surface area contributed by atoms with E-state index in [4.69, 9.17) is 0 Å². The average Bonchev–Trinajstić information content (AvgIpc) is 2.69. The summed E-state index contributed by atoms with van der Waals surface area (Å²) in [4.78, 5) is 5.65. The van der Waals surface area contributed by atoms with Crippen LogP contribution in [0.1, 0.15) is 21.1 Å². The topological polar surface area (TPSA) is 45.2 Å². The lowest BCUT2D eigenvalue weighted by Gasteiger charge is -2.11. The number of benzene rings is 1. The molecule has 102 valence electrons. The van der Waals surface area contributed by atoms with Crippen LogP contribution in [-0.2, 0) is 13.0 Å². The van der Waals surface area contributed by atoms with Crippen molar-refractivity contribution in [2.45, 2.75) is 32.9 Å². The predicted octanol–water partition coefficient (Wildman–Crippen LogP) is 2.45. The van der Waals surface area contributed by atoms with E-state index in [2.05, 4.69) is 10.3 Å². The summed E-state index contributed by atoms with van der Waals surface area (Å²) >= 11 is 1.71. The van der Waals surface area contributed by atoms with E-state index >= 15 is 0 Å². The zero-order valence-corrected chi connectivity index (χ0v) is 12.2. The van der Waals surface area contributed by atoms with E-state index < -0.39 is 0 Å². The number of nitrogens with zero attached hydrogens (tertiary/aromatic N) is 1. The molecule has 0 aliphatic heterocycles. The second-order valence-electron chi connectivity index (χ2n) is 4.72. The van der Waals surface area contributed by atoms with Gasteiger partial charge in [0, 0.05) is 18.0 Å². The molecule has 0 radical (unpaired) electrons. The number of aryl methyl sites for hydroxylation is 2. The van der Waals surface area contributed by atoms with Crippen LogP contribution in [-0.4, -0.2) is 22.7 Å². The zero-order valence-electron chi connectivity index (χ0n) is 11.4. The van der Waals surface area contributed by atoms with Crippen LogP contribution >= 0.6 is 11.3 Å². The van der Waals surface area contributed by atoms with Gasteiger partial charge in [-0.25, -0.2) is 4.98 Å². The SMILES string of the molecule is Cc1nc(C)c(CNCC(O)Cc2ccccc2)s1. The van der Waals surface area contributed by atoms with Crippen LogP contribution < -0.4 is 5.32 Å². The third-order valence-corrected chi connectivity index (χ3v) is 4.05. The quantitative estimate of drug-likeness (QED) is 0.852. The van der Waals surface area contributed by atoms with Gasteiger partial charge >= 0.3 is 0 Å². The van der Waals surface area contributed by atoms with Gasteiger partial charge in [0.15, 0.2) is 0 Å². The fourth-order valence-corrected chi connectivity index (χ4v) is 2.95. The van der Waals surface area contributed by atoms with Crippen LogP contribution in [0.15, 0.2) is 30.3 Å². The van der Waals surface area contributed by atoms with Gasteiger partial charge in [0.1, 0.15) is 0 Å². The van der Waals surface area contributed by atoms with E-state index in [0.29, 0.717) is 13.0 Å². The van der Waals surface area contributed by atoms with E-state index in [1.165, 1.54) is 10.4 Å². The number of aliphatic hydroxyl groups excluding tert-OH is 1. The highest BCUT2D eigenvalue weighted by atomic mass is 32.1. The van der Waals surface area contributed by atoms with Gasteiger partial charge in [-0.05, 0) is 25.8 Å². The molecule has 2 aromatic rings. The molecule has 1 atom stereocenters. The van der Waals surface area contributed by atoms with Crippen molar-refractivity contribution in [3.63, 3.8) is 0 Å². The van der Waals surface area contributed by atoms with Gasteiger partial charge in [-0.2, -0.15) is 0 Å². The highest BCUT2D eigenvalue weighted by Crippen LogP contribution is 2.16. The Balaban J connectivity index is 1.75. The van der Waals surface area contributed by atoms with Crippen molar-refractivity contribution in [1.29, 1.82) is 0 Å². The van der Waals surface area contributed by atoms with E-state index in [-0.39, 0.29) is 6.10 Å². The molecule has 0 spiro atoms.